The lowest BCUT2D eigenvalue weighted by atomic mass is 9.87. The Balaban J connectivity index is 1.42. The first-order chi connectivity index (χ1) is 20.0. The second-order valence-corrected chi connectivity index (χ2v) is 12.4. The van der Waals surface area contributed by atoms with Gasteiger partial charge in [0, 0.05) is 36.3 Å². The Hall–Kier alpha value is -4.29. The van der Waals surface area contributed by atoms with E-state index in [1.165, 1.54) is 0 Å². The van der Waals surface area contributed by atoms with Gasteiger partial charge in [0.25, 0.3) is 5.69 Å². The number of nitrogens with zero attached hydrogens (tertiary/aromatic N) is 2. The number of ether oxygens (including phenoxy) is 1. The lowest BCUT2D eigenvalue weighted by Crippen LogP contribution is -2.46. The number of carbonyl (C=O) groups excluding carboxylic acids is 1. The van der Waals surface area contributed by atoms with Gasteiger partial charge in [-0.2, -0.15) is 4.31 Å². The molecule has 3 aromatic carbocycles. The highest BCUT2D eigenvalue weighted by Gasteiger charge is 2.36. The van der Waals surface area contributed by atoms with Gasteiger partial charge in [-0.15, -0.1) is 0 Å². The number of fused-ring (bicyclic) bond motifs is 2. The molecule has 0 aromatic heterocycles. The molecule has 2 N–H and O–H groups in total. The first-order valence-corrected chi connectivity index (χ1v) is 15.1. The fourth-order valence-electron chi connectivity index (χ4n) is 4.99. The largest absolute Gasteiger partial charge is 0.480 e. The minimum atomic E-state index is -4.26. The zero-order valence-corrected chi connectivity index (χ0v) is 24.1. The van der Waals surface area contributed by atoms with Crippen molar-refractivity contribution in [3.8, 4) is 11.5 Å². The number of rotatable bonds is 13. The summed E-state index contributed by atoms with van der Waals surface area (Å²) >= 11 is 0. The van der Waals surface area contributed by atoms with Crippen LogP contribution in [-0.2, 0) is 19.6 Å². The molecular weight excluding hydrogens is 562 g/mol. The Bertz CT molecular complexity index is 1510. The third-order valence-corrected chi connectivity index (χ3v) is 8.87. The molecule has 4 rings (SSSR count). The molecule has 1 aliphatic rings. The number of amides is 1. The van der Waals surface area contributed by atoms with E-state index in [1.807, 2.05) is 48.5 Å². The average molecular weight is 596 g/mol. The third-order valence-electron chi connectivity index (χ3n) is 6.98. The van der Waals surface area contributed by atoms with E-state index in [2.05, 4.69) is 5.32 Å². The fraction of sp³-hybridized carbons (Fsp3) is 0.333. The normalized spacial score (nSPS) is 13.6. The minimum Gasteiger partial charge on any atom is -0.480 e. The number of sulfonamides is 1. The number of nitro benzene ring substituents is 1. The number of hydrogen-bond donors (Lipinski definition) is 2. The van der Waals surface area contributed by atoms with Gasteiger partial charge < -0.3 is 15.2 Å². The highest BCUT2D eigenvalue weighted by molar-refractivity contribution is 7.89. The van der Waals surface area contributed by atoms with Crippen molar-refractivity contribution in [2.24, 2.45) is 5.92 Å². The molecule has 0 saturated heterocycles. The van der Waals surface area contributed by atoms with Gasteiger partial charge in [-0.05, 0) is 49.4 Å². The second kappa shape index (κ2) is 13.1. The van der Waals surface area contributed by atoms with Gasteiger partial charge in [0.2, 0.25) is 15.9 Å². The van der Waals surface area contributed by atoms with Crippen molar-refractivity contribution in [2.75, 3.05) is 13.1 Å². The van der Waals surface area contributed by atoms with Gasteiger partial charge >= 0.3 is 5.97 Å². The highest BCUT2D eigenvalue weighted by Crippen LogP contribution is 2.43. The van der Waals surface area contributed by atoms with Crippen LogP contribution in [0.3, 0.4) is 0 Å². The summed E-state index contributed by atoms with van der Waals surface area (Å²) in [6.07, 6.45) is 0.783. The van der Waals surface area contributed by atoms with E-state index in [1.54, 1.807) is 13.8 Å². The Morgan fingerprint density at radius 3 is 2.07 bits per heavy atom. The molecule has 0 spiro atoms. The molecule has 11 nitrogen and oxygen atoms in total. The molecule has 1 amide bonds. The first kappa shape index (κ1) is 30.7. The number of hydrogen-bond acceptors (Lipinski definition) is 7. The van der Waals surface area contributed by atoms with Crippen LogP contribution in [0.5, 0.6) is 11.5 Å². The Morgan fingerprint density at radius 1 is 0.976 bits per heavy atom. The highest BCUT2D eigenvalue weighted by atomic mass is 32.2. The number of aliphatic carboxylic acids is 1. The van der Waals surface area contributed by atoms with Gasteiger partial charge in [-0.1, -0.05) is 50.2 Å². The number of carbonyl (C=O) groups is 2. The molecule has 0 radical (unpaired) electrons. The van der Waals surface area contributed by atoms with Crippen molar-refractivity contribution in [1.29, 1.82) is 0 Å². The van der Waals surface area contributed by atoms with Crippen LogP contribution in [0.15, 0.2) is 77.7 Å². The molecule has 12 heteroatoms. The van der Waals surface area contributed by atoms with Crippen LogP contribution >= 0.6 is 0 Å². The van der Waals surface area contributed by atoms with E-state index in [-0.39, 0.29) is 41.9 Å². The van der Waals surface area contributed by atoms with Crippen LogP contribution in [0, 0.1) is 16.0 Å². The molecule has 0 unspecified atom stereocenters. The Kier molecular flexibility index (Phi) is 9.59. The summed E-state index contributed by atoms with van der Waals surface area (Å²) in [6, 6.07) is 17.7. The van der Waals surface area contributed by atoms with Crippen LogP contribution in [0.1, 0.15) is 50.2 Å². The van der Waals surface area contributed by atoms with Crippen LogP contribution in [0.2, 0.25) is 0 Å². The van der Waals surface area contributed by atoms with Crippen molar-refractivity contribution >= 4 is 27.6 Å². The van der Waals surface area contributed by atoms with Crippen LogP contribution in [0.4, 0.5) is 5.69 Å². The zero-order chi connectivity index (χ0) is 30.4. The molecule has 0 saturated carbocycles. The van der Waals surface area contributed by atoms with Crippen molar-refractivity contribution in [2.45, 2.75) is 50.0 Å². The standard InChI is InChI=1S/C30H33N3O8S/c1-20(2)19-32(42(39,40)22-16-14-21(15-17-22)33(37)38)25(30(35)36)11-7-8-18-31-29(34)28-23-9-3-5-12-26(23)41-27-13-6-4-10-24(27)28/h3-6,9-10,12-17,20,25,28H,7-8,11,18-19H2,1-2H3,(H,31,34)(H,35,36)/t25-/m0/s1. The van der Waals surface area contributed by atoms with Gasteiger partial charge in [0.15, 0.2) is 0 Å². The summed E-state index contributed by atoms with van der Waals surface area (Å²) < 4.78 is 33.9. The molecule has 0 fully saturated rings. The van der Waals surface area contributed by atoms with Gasteiger partial charge in [-0.3, -0.25) is 19.7 Å². The number of benzene rings is 3. The lowest BCUT2D eigenvalue weighted by Gasteiger charge is -2.29. The molecule has 42 heavy (non-hydrogen) atoms. The predicted molar refractivity (Wildman–Crippen MR) is 155 cm³/mol. The topological polar surface area (TPSA) is 156 Å². The molecule has 1 atom stereocenters. The van der Waals surface area contributed by atoms with Crippen LogP contribution < -0.4 is 10.1 Å². The van der Waals surface area contributed by atoms with Crippen molar-refractivity contribution in [1.82, 2.24) is 9.62 Å². The fourth-order valence-corrected chi connectivity index (χ4v) is 6.76. The Morgan fingerprint density at radius 2 is 1.55 bits per heavy atom. The molecule has 3 aromatic rings. The number of carboxylic acids is 1. The molecule has 0 aliphatic carbocycles. The smallest absolute Gasteiger partial charge is 0.322 e. The number of nitro groups is 1. The van der Waals surface area contributed by atoms with Crippen LogP contribution in [-0.4, -0.2) is 53.8 Å². The number of unbranched alkanes of at least 4 members (excludes halogenated alkanes) is 1. The van der Waals surface area contributed by atoms with Crippen molar-refractivity contribution < 1.29 is 32.8 Å². The maximum Gasteiger partial charge on any atom is 0.322 e. The van der Waals surface area contributed by atoms with Gasteiger partial charge in [0.05, 0.1) is 15.7 Å². The zero-order valence-electron chi connectivity index (χ0n) is 23.3. The minimum absolute atomic E-state index is 0.0209. The summed E-state index contributed by atoms with van der Waals surface area (Å²) in [5.74, 6) is -1.02. The number of nitrogens with one attached hydrogen (secondary N) is 1. The monoisotopic (exact) mass is 595 g/mol. The van der Waals surface area contributed by atoms with Crippen molar-refractivity contribution in [3.05, 3.63) is 94.0 Å². The molecule has 0 bridgehead atoms. The summed E-state index contributed by atoms with van der Waals surface area (Å²) in [7, 11) is -4.26. The summed E-state index contributed by atoms with van der Waals surface area (Å²) in [6.45, 7) is 3.78. The quantitative estimate of drug-likeness (QED) is 0.160. The van der Waals surface area contributed by atoms with E-state index in [4.69, 9.17) is 4.74 Å². The van der Waals surface area contributed by atoms with E-state index in [9.17, 15) is 33.2 Å². The molecule has 1 aliphatic heterocycles. The number of carboxylic acid groups (broad SMARTS) is 1. The summed E-state index contributed by atoms with van der Waals surface area (Å²) in [5.41, 5.74) is 1.23. The third kappa shape index (κ3) is 6.77. The van der Waals surface area contributed by atoms with E-state index < -0.39 is 32.9 Å². The van der Waals surface area contributed by atoms with E-state index >= 15 is 0 Å². The maximum atomic E-state index is 13.5. The second-order valence-electron chi connectivity index (χ2n) is 10.5. The van der Waals surface area contributed by atoms with E-state index in [0.29, 0.717) is 24.3 Å². The molecule has 1 heterocycles. The summed E-state index contributed by atoms with van der Waals surface area (Å²) in [5, 5.41) is 23.9. The lowest BCUT2D eigenvalue weighted by molar-refractivity contribution is -0.384. The van der Waals surface area contributed by atoms with Gasteiger partial charge in [-0.25, -0.2) is 8.42 Å². The van der Waals surface area contributed by atoms with Gasteiger partial charge in [0.1, 0.15) is 17.5 Å². The van der Waals surface area contributed by atoms with Crippen molar-refractivity contribution in [3.63, 3.8) is 0 Å². The number of non-ortho nitro benzene ring substituents is 1. The SMILES string of the molecule is CC(C)CN([C@@H](CCCCNC(=O)C1c2ccccc2Oc2ccccc21)C(=O)O)S(=O)(=O)c1ccc([N+](=O)[O-])cc1. The molecule has 222 valence electrons. The number of para-hydroxylation sites is 2. The van der Waals surface area contributed by atoms with E-state index in [0.717, 1.165) is 39.7 Å². The molecular formula is C30H33N3O8S. The predicted octanol–water partition coefficient (Wildman–Crippen LogP) is 4.92. The van der Waals surface area contributed by atoms with Crippen LogP contribution in [0.25, 0.3) is 0 Å². The average Bonchev–Trinajstić information content (AvgIpc) is 2.96. The Labute approximate surface area is 244 Å². The summed E-state index contributed by atoms with van der Waals surface area (Å²) in [4.78, 5) is 35.7. The maximum absolute atomic E-state index is 13.5. The first-order valence-electron chi connectivity index (χ1n) is 13.6.